The first kappa shape index (κ1) is 14.4. The van der Waals surface area contributed by atoms with E-state index < -0.39 is 0 Å². The molecule has 1 aliphatic heterocycles. The van der Waals surface area contributed by atoms with Crippen LogP contribution in [0.15, 0.2) is 30.3 Å². The average Bonchev–Trinajstić information content (AvgIpc) is 2.92. The number of hydrogen-bond acceptors (Lipinski definition) is 4. The highest BCUT2D eigenvalue weighted by atomic mass is 32.2. The normalized spacial score (nSPS) is 13.6. The number of fused-ring (bicyclic) bond motifs is 1. The van der Waals surface area contributed by atoms with E-state index in [-0.39, 0.29) is 11.7 Å². The molecule has 21 heavy (non-hydrogen) atoms. The molecule has 0 spiro atoms. The minimum atomic E-state index is -0.0741. The van der Waals surface area contributed by atoms with Gasteiger partial charge >= 0.3 is 0 Å². The van der Waals surface area contributed by atoms with Crippen LogP contribution in [-0.4, -0.2) is 17.4 Å². The summed E-state index contributed by atoms with van der Waals surface area (Å²) in [5.74, 6) is 2.10. The van der Waals surface area contributed by atoms with E-state index >= 15 is 0 Å². The molecular weight excluding hydrogens is 302 g/mol. The third-order valence-electron chi connectivity index (χ3n) is 3.40. The fraction of sp³-hybridized carbons (Fsp3) is 0.250. The molecule has 1 N–H and O–H groups in total. The quantitative estimate of drug-likeness (QED) is 0.871. The molecule has 2 aromatic rings. The van der Waals surface area contributed by atoms with Gasteiger partial charge in [0.15, 0.2) is 5.78 Å². The van der Waals surface area contributed by atoms with Crippen molar-refractivity contribution in [2.75, 3.05) is 11.1 Å². The van der Waals surface area contributed by atoms with Gasteiger partial charge in [-0.1, -0.05) is 0 Å². The molecule has 1 amide bonds. The monoisotopic (exact) mass is 317 g/mol. The standard InChI is InChI=1S/C16H15NO2S2/c1-10(18)11-2-4-13(5-3-11)17-16(19)15-8-12-9-20-7-6-14(12)21-15/h2-5,8H,6-7,9H2,1H3,(H,17,19). The largest absolute Gasteiger partial charge is 0.321 e. The number of thiophene rings is 1. The van der Waals surface area contributed by atoms with Crippen LogP contribution < -0.4 is 5.32 Å². The first-order chi connectivity index (χ1) is 10.1. The second kappa shape index (κ2) is 6.03. The van der Waals surface area contributed by atoms with E-state index in [2.05, 4.69) is 5.32 Å². The Hall–Kier alpha value is -1.59. The number of carbonyl (C=O) groups excluding carboxylic acids is 2. The summed E-state index contributed by atoms with van der Waals surface area (Å²) < 4.78 is 0. The number of Topliss-reactive ketones (excluding diaryl/α,β-unsaturated/α-hetero) is 1. The minimum absolute atomic E-state index is 0.0244. The lowest BCUT2D eigenvalue weighted by atomic mass is 10.1. The topological polar surface area (TPSA) is 46.2 Å². The van der Waals surface area contributed by atoms with Crippen molar-refractivity contribution >= 4 is 40.5 Å². The second-order valence-corrected chi connectivity index (χ2v) is 7.19. The Morgan fingerprint density at radius 3 is 2.62 bits per heavy atom. The summed E-state index contributed by atoms with van der Waals surface area (Å²) in [5.41, 5.74) is 2.66. The van der Waals surface area contributed by atoms with Crippen LogP contribution in [-0.2, 0) is 12.2 Å². The molecule has 3 rings (SSSR count). The Morgan fingerprint density at radius 2 is 1.95 bits per heavy atom. The summed E-state index contributed by atoms with van der Waals surface area (Å²) in [6, 6.07) is 8.99. The van der Waals surface area contributed by atoms with Crippen molar-refractivity contribution in [1.82, 2.24) is 0 Å². The van der Waals surface area contributed by atoms with Crippen molar-refractivity contribution in [3.63, 3.8) is 0 Å². The lowest BCUT2D eigenvalue weighted by molar-refractivity contribution is 0.101. The van der Waals surface area contributed by atoms with Crippen molar-refractivity contribution in [3.8, 4) is 0 Å². The van der Waals surface area contributed by atoms with Crippen LogP contribution >= 0.6 is 23.1 Å². The van der Waals surface area contributed by atoms with E-state index in [0.29, 0.717) is 11.3 Å². The van der Waals surface area contributed by atoms with E-state index in [1.54, 1.807) is 35.6 Å². The zero-order valence-corrected chi connectivity index (χ0v) is 13.3. The number of rotatable bonds is 3. The van der Waals surface area contributed by atoms with Crippen LogP contribution in [0.25, 0.3) is 0 Å². The predicted octanol–water partition coefficient (Wildman–Crippen LogP) is 3.99. The van der Waals surface area contributed by atoms with E-state index in [4.69, 9.17) is 0 Å². The summed E-state index contributed by atoms with van der Waals surface area (Å²) >= 11 is 3.51. The molecule has 1 aliphatic rings. The molecule has 5 heteroatoms. The van der Waals surface area contributed by atoms with Crippen LogP contribution in [0.1, 0.15) is 37.4 Å². The molecule has 0 atom stereocenters. The number of ketones is 1. The van der Waals surface area contributed by atoms with Crippen molar-refractivity contribution in [1.29, 1.82) is 0 Å². The van der Waals surface area contributed by atoms with Crippen molar-refractivity contribution in [2.24, 2.45) is 0 Å². The van der Waals surface area contributed by atoms with E-state index in [1.165, 1.54) is 17.4 Å². The second-order valence-electron chi connectivity index (χ2n) is 4.95. The third kappa shape index (κ3) is 3.19. The number of carbonyl (C=O) groups is 2. The number of nitrogens with one attached hydrogen (secondary N) is 1. The van der Waals surface area contributed by atoms with Gasteiger partial charge in [0.2, 0.25) is 0 Å². The first-order valence-electron chi connectivity index (χ1n) is 6.75. The zero-order valence-electron chi connectivity index (χ0n) is 11.6. The number of hydrogen-bond donors (Lipinski definition) is 1. The Labute approximate surface area is 131 Å². The summed E-state index contributed by atoms with van der Waals surface area (Å²) in [7, 11) is 0. The molecule has 1 aromatic heterocycles. The predicted molar refractivity (Wildman–Crippen MR) is 88.6 cm³/mol. The van der Waals surface area contributed by atoms with Crippen LogP contribution in [0.4, 0.5) is 5.69 Å². The Morgan fingerprint density at radius 1 is 1.19 bits per heavy atom. The van der Waals surface area contributed by atoms with Gasteiger partial charge in [-0.3, -0.25) is 9.59 Å². The van der Waals surface area contributed by atoms with Gasteiger partial charge in [0.1, 0.15) is 0 Å². The summed E-state index contributed by atoms with van der Waals surface area (Å²) in [5, 5.41) is 2.89. The van der Waals surface area contributed by atoms with Gasteiger partial charge in [-0.25, -0.2) is 0 Å². The molecule has 0 radical (unpaired) electrons. The van der Waals surface area contributed by atoms with Crippen LogP contribution in [0, 0.1) is 0 Å². The molecular formula is C16H15NO2S2. The summed E-state index contributed by atoms with van der Waals surface area (Å²) in [4.78, 5) is 25.6. The zero-order chi connectivity index (χ0) is 14.8. The molecule has 0 saturated carbocycles. The van der Waals surface area contributed by atoms with Crippen molar-refractivity contribution < 1.29 is 9.59 Å². The van der Waals surface area contributed by atoms with Gasteiger partial charge in [0.25, 0.3) is 5.91 Å². The Balaban J connectivity index is 1.73. The van der Waals surface area contributed by atoms with E-state index in [0.717, 1.165) is 22.8 Å². The molecule has 3 nitrogen and oxygen atoms in total. The maximum Gasteiger partial charge on any atom is 0.265 e. The number of thioether (sulfide) groups is 1. The van der Waals surface area contributed by atoms with E-state index in [9.17, 15) is 9.59 Å². The number of amides is 1. The molecule has 0 fully saturated rings. The van der Waals surface area contributed by atoms with Crippen molar-refractivity contribution in [2.45, 2.75) is 19.1 Å². The van der Waals surface area contributed by atoms with Gasteiger partial charge < -0.3 is 5.32 Å². The average molecular weight is 317 g/mol. The lowest BCUT2D eigenvalue weighted by Crippen LogP contribution is -2.10. The smallest absolute Gasteiger partial charge is 0.265 e. The number of anilines is 1. The van der Waals surface area contributed by atoms with E-state index in [1.807, 2.05) is 17.8 Å². The lowest BCUT2D eigenvalue weighted by Gasteiger charge is -2.08. The molecule has 0 unspecified atom stereocenters. The van der Waals surface area contributed by atoms with Gasteiger partial charge in [0, 0.05) is 21.9 Å². The fourth-order valence-electron chi connectivity index (χ4n) is 2.24. The summed E-state index contributed by atoms with van der Waals surface area (Å²) in [6.07, 6.45) is 1.06. The maximum absolute atomic E-state index is 12.3. The first-order valence-corrected chi connectivity index (χ1v) is 8.72. The number of benzene rings is 1. The highest BCUT2D eigenvalue weighted by molar-refractivity contribution is 7.98. The molecule has 1 aromatic carbocycles. The SMILES string of the molecule is CC(=O)c1ccc(NC(=O)c2cc3c(s2)CCSC3)cc1. The number of aryl methyl sites for hydroxylation is 1. The van der Waals surface area contributed by atoms with Crippen LogP contribution in [0.3, 0.4) is 0 Å². The van der Waals surface area contributed by atoms with Crippen LogP contribution in [0.2, 0.25) is 0 Å². The Bertz CT molecular complexity index is 665. The Kier molecular flexibility index (Phi) is 4.12. The summed E-state index contributed by atoms with van der Waals surface area (Å²) in [6.45, 7) is 1.53. The van der Waals surface area contributed by atoms with Gasteiger partial charge in [-0.15, -0.1) is 11.3 Å². The van der Waals surface area contributed by atoms with Crippen LogP contribution in [0.5, 0.6) is 0 Å². The van der Waals surface area contributed by atoms with Gasteiger partial charge in [0.05, 0.1) is 4.88 Å². The highest BCUT2D eigenvalue weighted by Crippen LogP contribution is 2.32. The minimum Gasteiger partial charge on any atom is -0.321 e. The maximum atomic E-state index is 12.3. The highest BCUT2D eigenvalue weighted by Gasteiger charge is 2.17. The molecule has 0 aliphatic carbocycles. The van der Waals surface area contributed by atoms with Crippen molar-refractivity contribution in [3.05, 3.63) is 51.2 Å². The van der Waals surface area contributed by atoms with Gasteiger partial charge in [-0.2, -0.15) is 11.8 Å². The third-order valence-corrected chi connectivity index (χ3v) is 5.64. The molecule has 0 saturated heterocycles. The molecule has 108 valence electrons. The van der Waals surface area contributed by atoms with Gasteiger partial charge in [-0.05, 0) is 55.0 Å². The molecule has 0 bridgehead atoms. The molecule has 2 heterocycles. The fourth-order valence-corrected chi connectivity index (χ4v) is 4.51.